The molecular weight excluding hydrogens is 276 g/mol. The molecule has 0 saturated carbocycles. The molecule has 22 heavy (non-hydrogen) atoms. The molecular formula is C17H34N4O. The molecule has 128 valence electrons. The van der Waals surface area contributed by atoms with Crippen LogP contribution < -0.4 is 10.6 Å². The number of guanidine groups is 1. The Morgan fingerprint density at radius 1 is 1.23 bits per heavy atom. The zero-order valence-corrected chi connectivity index (χ0v) is 14.6. The van der Waals surface area contributed by atoms with Crippen molar-refractivity contribution in [3.8, 4) is 0 Å². The fourth-order valence-electron chi connectivity index (χ4n) is 3.72. The van der Waals surface area contributed by atoms with Crippen LogP contribution in [0.15, 0.2) is 4.99 Å². The number of likely N-dealkylation sites (tertiary alicyclic amines) is 1. The first kappa shape index (κ1) is 17.5. The Morgan fingerprint density at radius 3 is 2.64 bits per heavy atom. The van der Waals surface area contributed by atoms with E-state index >= 15 is 0 Å². The van der Waals surface area contributed by atoms with Gasteiger partial charge in [0.2, 0.25) is 0 Å². The third-order valence-corrected chi connectivity index (χ3v) is 4.63. The van der Waals surface area contributed by atoms with Crippen molar-refractivity contribution in [3.05, 3.63) is 0 Å². The van der Waals surface area contributed by atoms with Gasteiger partial charge in [0.25, 0.3) is 0 Å². The molecule has 2 rings (SSSR count). The number of aliphatic imine (C=N–C) groups is 1. The first-order chi connectivity index (χ1) is 10.7. The summed E-state index contributed by atoms with van der Waals surface area (Å²) in [7, 11) is 1.83. The summed E-state index contributed by atoms with van der Waals surface area (Å²) in [6.45, 7) is 11.2. The van der Waals surface area contributed by atoms with Crippen molar-refractivity contribution in [1.82, 2.24) is 15.5 Å². The Balaban J connectivity index is 1.56. The lowest BCUT2D eigenvalue weighted by molar-refractivity contribution is 0.113. The van der Waals surface area contributed by atoms with Gasteiger partial charge in [0.1, 0.15) is 0 Å². The molecule has 3 atom stereocenters. The minimum absolute atomic E-state index is 0.356. The van der Waals surface area contributed by atoms with Crippen LogP contribution in [0.5, 0.6) is 0 Å². The zero-order valence-electron chi connectivity index (χ0n) is 14.6. The highest BCUT2D eigenvalue weighted by Crippen LogP contribution is 2.20. The third-order valence-electron chi connectivity index (χ3n) is 4.63. The first-order valence-electron chi connectivity index (χ1n) is 8.96. The van der Waals surface area contributed by atoms with Crippen LogP contribution in [0, 0.1) is 11.8 Å². The number of hydrogen-bond acceptors (Lipinski definition) is 3. The summed E-state index contributed by atoms with van der Waals surface area (Å²) >= 11 is 0. The minimum Gasteiger partial charge on any atom is -0.376 e. The lowest BCUT2D eigenvalue weighted by Crippen LogP contribution is -2.43. The fourth-order valence-corrected chi connectivity index (χ4v) is 3.72. The fraction of sp³-hybridized carbons (Fsp3) is 0.941. The topological polar surface area (TPSA) is 48.9 Å². The summed E-state index contributed by atoms with van der Waals surface area (Å²) in [4.78, 5) is 6.90. The predicted molar refractivity (Wildman–Crippen MR) is 92.3 cm³/mol. The molecule has 5 heteroatoms. The van der Waals surface area contributed by atoms with E-state index in [1.54, 1.807) is 0 Å². The molecule has 3 unspecified atom stereocenters. The highest BCUT2D eigenvalue weighted by molar-refractivity contribution is 5.79. The molecule has 2 aliphatic heterocycles. The first-order valence-corrected chi connectivity index (χ1v) is 8.96. The van der Waals surface area contributed by atoms with Gasteiger partial charge in [-0.1, -0.05) is 13.8 Å². The number of hydrogen-bond donors (Lipinski definition) is 2. The zero-order chi connectivity index (χ0) is 15.8. The van der Waals surface area contributed by atoms with Crippen LogP contribution in [-0.2, 0) is 4.74 Å². The Bertz CT molecular complexity index is 332. The van der Waals surface area contributed by atoms with Crippen molar-refractivity contribution >= 4 is 5.96 Å². The maximum absolute atomic E-state index is 5.62. The number of nitrogens with zero attached hydrogens (tertiary/aromatic N) is 2. The van der Waals surface area contributed by atoms with Gasteiger partial charge in [-0.15, -0.1) is 0 Å². The van der Waals surface area contributed by atoms with Crippen LogP contribution in [0.3, 0.4) is 0 Å². The maximum Gasteiger partial charge on any atom is 0.191 e. The van der Waals surface area contributed by atoms with E-state index in [4.69, 9.17) is 4.74 Å². The molecule has 2 aliphatic rings. The third kappa shape index (κ3) is 6.13. The molecule has 0 radical (unpaired) electrons. The maximum atomic E-state index is 5.62. The Morgan fingerprint density at radius 2 is 2.00 bits per heavy atom. The number of piperidine rings is 1. The number of rotatable bonds is 6. The van der Waals surface area contributed by atoms with Gasteiger partial charge >= 0.3 is 0 Å². The molecule has 0 aliphatic carbocycles. The monoisotopic (exact) mass is 310 g/mol. The minimum atomic E-state index is 0.356. The average Bonchev–Trinajstić information content (AvgIpc) is 2.99. The molecule has 2 saturated heterocycles. The second-order valence-corrected chi connectivity index (χ2v) is 7.07. The smallest absolute Gasteiger partial charge is 0.191 e. The predicted octanol–water partition coefficient (Wildman–Crippen LogP) is 1.70. The van der Waals surface area contributed by atoms with E-state index in [9.17, 15) is 0 Å². The molecule has 0 spiro atoms. The van der Waals surface area contributed by atoms with Crippen LogP contribution >= 0.6 is 0 Å². The Hall–Kier alpha value is -0.810. The van der Waals surface area contributed by atoms with Gasteiger partial charge in [-0.25, -0.2) is 0 Å². The molecule has 0 bridgehead atoms. The van der Waals surface area contributed by atoms with E-state index in [2.05, 4.69) is 34.4 Å². The summed E-state index contributed by atoms with van der Waals surface area (Å²) in [5.74, 6) is 2.59. The molecule has 0 amide bonds. The molecule has 2 heterocycles. The van der Waals surface area contributed by atoms with Crippen LogP contribution in [0.25, 0.3) is 0 Å². The van der Waals surface area contributed by atoms with Crippen molar-refractivity contribution < 1.29 is 4.74 Å². The quantitative estimate of drug-likeness (QED) is 0.445. The van der Waals surface area contributed by atoms with Gasteiger partial charge in [0.05, 0.1) is 6.10 Å². The molecule has 0 aromatic carbocycles. The van der Waals surface area contributed by atoms with Crippen LogP contribution in [0.2, 0.25) is 0 Å². The van der Waals surface area contributed by atoms with Crippen molar-refractivity contribution in [2.45, 2.75) is 45.6 Å². The van der Waals surface area contributed by atoms with E-state index in [1.165, 1.54) is 38.9 Å². The molecule has 0 aromatic heterocycles. The van der Waals surface area contributed by atoms with E-state index < -0.39 is 0 Å². The van der Waals surface area contributed by atoms with Crippen LogP contribution in [-0.4, -0.2) is 63.3 Å². The second-order valence-electron chi connectivity index (χ2n) is 7.07. The largest absolute Gasteiger partial charge is 0.376 e. The number of nitrogens with one attached hydrogen (secondary N) is 2. The number of ether oxygens (including phenoxy) is 1. The van der Waals surface area contributed by atoms with Crippen molar-refractivity contribution in [3.63, 3.8) is 0 Å². The van der Waals surface area contributed by atoms with Gasteiger partial charge in [-0.3, -0.25) is 4.99 Å². The Labute approximate surface area is 135 Å². The normalized spacial score (nSPS) is 30.5. The highest BCUT2D eigenvalue weighted by atomic mass is 16.5. The van der Waals surface area contributed by atoms with E-state index in [1.807, 2.05) is 7.05 Å². The summed E-state index contributed by atoms with van der Waals surface area (Å²) < 4.78 is 5.62. The van der Waals surface area contributed by atoms with E-state index in [0.717, 1.165) is 43.9 Å². The van der Waals surface area contributed by atoms with Crippen molar-refractivity contribution in [2.24, 2.45) is 16.8 Å². The highest BCUT2D eigenvalue weighted by Gasteiger charge is 2.21. The molecule has 2 fully saturated rings. The lowest BCUT2D eigenvalue weighted by Gasteiger charge is -2.35. The van der Waals surface area contributed by atoms with Gasteiger partial charge < -0.3 is 20.3 Å². The van der Waals surface area contributed by atoms with Crippen molar-refractivity contribution in [2.75, 3.05) is 46.4 Å². The van der Waals surface area contributed by atoms with Gasteiger partial charge in [-0.2, -0.15) is 0 Å². The van der Waals surface area contributed by atoms with E-state index in [0.29, 0.717) is 6.10 Å². The van der Waals surface area contributed by atoms with Gasteiger partial charge in [-0.05, 0) is 44.1 Å². The molecule has 0 aromatic rings. The van der Waals surface area contributed by atoms with Gasteiger partial charge in [0.15, 0.2) is 5.96 Å². The SMILES string of the molecule is CN=C(NCCCN1CC(C)CC(C)C1)NCC1CCCO1. The molecule has 2 N–H and O–H groups in total. The molecule has 5 nitrogen and oxygen atoms in total. The summed E-state index contributed by atoms with van der Waals surface area (Å²) in [6, 6.07) is 0. The second kappa shape index (κ2) is 9.36. The summed E-state index contributed by atoms with van der Waals surface area (Å²) in [5.41, 5.74) is 0. The average molecular weight is 310 g/mol. The Kier molecular flexibility index (Phi) is 7.46. The van der Waals surface area contributed by atoms with Crippen LogP contribution in [0.4, 0.5) is 0 Å². The lowest BCUT2D eigenvalue weighted by atomic mass is 9.92. The standard InChI is InChI=1S/C17H34N4O/c1-14-10-15(2)13-21(12-14)8-5-7-19-17(18-3)20-11-16-6-4-9-22-16/h14-16H,4-13H2,1-3H3,(H2,18,19,20). The van der Waals surface area contributed by atoms with E-state index in [-0.39, 0.29) is 0 Å². The summed E-state index contributed by atoms with van der Waals surface area (Å²) in [6.07, 6.45) is 5.25. The summed E-state index contributed by atoms with van der Waals surface area (Å²) in [5, 5.41) is 6.78. The van der Waals surface area contributed by atoms with Gasteiger partial charge in [0, 0.05) is 39.8 Å². The van der Waals surface area contributed by atoms with Crippen molar-refractivity contribution in [1.29, 1.82) is 0 Å². The van der Waals surface area contributed by atoms with Crippen LogP contribution in [0.1, 0.15) is 39.5 Å².